The van der Waals surface area contributed by atoms with Crippen molar-refractivity contribution < 1.29 is 4.79 Å². The van der Waals surface area contributed by atoms with E-state index in [0.29, 0.717) is 5.13 Å². The molecule has 104 valence electrons. The van der Waals surface area contributed by atoms with Crippen LogP contribution in [0.2, 0.25) is 0 Å². The van der Waals surface area contributed by atoms with Crippen molar-refractivity contribution in [3.05, 3.63) is 22.4 Å². The Hall–Kier alpha value is -0.950. The normalized spacial score (nSPS) is 10.9. The van der Waals surface area contributed by atoms with Gasteiger partial charge in [0.1, 0.15) is 0 Å². The summed E-state index contributed by atoms with van der Waals surface area (Å²) in [7, 11) is 0. The summed E-state index contributed by atoms with van der Waals surface area (Å²) in [6.07, 6.45) is 0. The molecular formula is C12H16ClN3OS2. The van der Waals surface area contributed by atoms with E-state index in [-0.39, 0.29) is 18.3 Å². The minimum atomic E-state index is -0.897. The van der Waals surface area contributed by atoms with Crippen LogP contribution in [-0.4, -0.2) is 16.4 Å². The minimum absolute atomic E-state index is 0. The number of thiazole rings is 1. The Bertz CT molecular complexity index is 572. The maximum atomic E-state index is 11.7. The minimum Gasteiger partial charge on any atom is -0.318 e. The molecule has 1 amide bonds. The van der Waals surface area contributed by atoms with Crippen molar-refractivity contribution in [3.63, 3.8) is 0 Å². The number of aromatic nitrogens is 1. The topological polar surface area (TPSA) is 68.0 Å². The highest BCUT2D eigenvalue weighted by atomic mass is 35.5. The summed E-state index contributed by atoms with van der Waals surface area (Å²) < 4.78 is 0. The van der Waals surface area contributed by atoms with Crippen molar-refractivity contribution in [2.24, 2.45) is 5.73 Å². The van der Waals surface area contributed by atoms with Gasteiger partial charge in [-0.05, 0) is 32.9 Å². The number of anilines is 1. The van der Waals surface area contributed by atoms with E-state index in [2.05, 4.69) is 23.3 Å². The highest BCUT2D eigenvalue weighted by Crippen LogP contribution is 2.30. The Morgan fingerprint density at radius 1 is 1.42 bits per heavy atom. The van der Waals surface area contributed by atoms with Gasteiger partial charge in [-0.2, -0.15) is 0 Å². The van der Waals surface area contributed by atoms with Crippen LogP contribution in [0.4, 0.5) is 5.13 Å². The van der Waals surface area contributed by atoms with Gasteiger partial charge in [0, 0.05) is 10.3 Å². The van der Waals surface area contributed by atoms with E-state index < -0.39 is 5.54 Å². The van der Waals surface area contributed by atoms with Crippen LogP contribution in [0.5, 0.6) is 0 Å². The molecule has 0 aromatic carbocycles. The quantitative estimate of drug-likeness (QED) is 0.912. The van der Waals surface area contributed by atoms with Crippen LogP contribution >= 0.6 is 35.1 Å². The van der Waals surface area contributed by atoms with E-state index in [1.54, 1.807) is 25.2 Å². The number of rotatable bonds is 3. The van der Waals surface area contributed by atoms with Gasteiger partial charge in [-0.15, -0.1) is 35.1 Å². The zero-order valence-corrected chi connectivity index (χ0v) is 13.3. The molecule has 2 aromatic rings. The van der Waals surface area contributed by atoms with E-state index in [1.807, 2.05) is 11.4 Å². The second-order valence-electron chi connectivity index (χ2n) is 4.62. The molecule has 2 heterocycles. The fourth-order valence-electron chi connectivity index (χ4n) is 1.27. The number of nitrogens with two attached hydrogens (primary N) is 1. The molecule has 0 spiro atoms. The van der Waals surface area contributed by atoms with E-state index in [9.17, 15) is 4.79 Å². The summed E-state index contributed by atoms with van der Waals surface area (Å²) in [6, 6.07) is 4.09. The Morgan fingerprint density at radius 3 is 2.63 bits per heavy atom. The molecule has 0 aliphatic carbocycles. The lowest BCUT2D eigenvalue weighted by molar-refractivity contribution is -0.120. The smallest absolute Gasteiger partial charge is 0.245 e. The number of carbonyl (C=O) groups is 1. The molecule has 4 nitrogen and oxygen atoms in total. The number of carbonyl (C=O) groups excluding carboxylic acids is 1. The summed E-state index contributed by atoms with van der Waals surface area (Å²) in [5, 5.41) is 5.24. The first kappa shape index (κ1) is 16.1. The fourth-order valence-corrected chi connectivity index (χ4v) is 2.88. The second kappa shape index (κ2) is 6.00. The van der Waals surface area contributed by atoms with E-state index in [4.69, 9.17) is 5.73 Å². The largest absolute Gasteiger partial charge is 0.318 e. The Morgan fingerprint density at radius 2 is 2.11 bits per heavy atom. The van der Waals surface area contributed by atoms with Crippen molar-refractivity contribution in [2.75, 3.05) is 5.32 Å². The number of aryl methyl sites for hydroxylation is 1. The van der Waals surface area contributed by atoms with Crippen LogP contribution in [0, 0.1) is 6.92 Å². The highest BCUT2D eigenvalue weighted by molar-refractivity contribution is 7.17. The summed E-state index contributed by atoms with van der Waals surface area (Å²) in [4.78, 5) is 18.5. The molecule has 0 saturated heterocycles. The Labute approximate surface area is 126 Å². The van der Waals surface area contributed by atoms with Crippen LogP contribution in [0.1, 0.15) is 18.7 Å². The molecule has 0 atom stereocenters. The monoisotopic (exact) mass is 317 g/mol. The lowest BCUT2D eigenvalue weighted by atomic mass is 10.1. The number of halogens is 1. The highest BCUT2D eigenvalue weighted by Gasteiger charge is 2.22. The number of nitrogens with one attached hydrogen (secondary N) is 1. The van der Waals surface area contributed by atoms with Gasteiger partial charge in [-0.25, -0.2) is 4.98 Å². The number of amides is 1. The van der Waals surface area contributed by atoms with Crippen LogP contribution < -0.4 is 11.1 Å². The zero-order valence-electron chi connectivity index (χ0n) is 10.9. The van der Waals surface area contributed by atoms with E-state index >= 15 is 0 Å². The summed E-state index contributed by atoms with van der Waals surface area (Å²) in [5.41, 5.74) is 5.71. The SMILES string of the molecule is Cc1ccc(-c2csc(NC(=O)C(C)(C)N)n2)s1.Cl. The average Bonchev–Trinajstić information content (AvgIpc) is 2.85. The van der Waals surface area contributed by atoms with Crippen molar-refractivity contribution in [1.82, 2.24) is 4.98 Å². The molecule has 0 aliphatic heterocycles. The lowest BCUT2D eigenvalue weighted by Crippen LogP contribution is -2.45. The predicted molar refractivity (Wildman–Crippen MR) is 84.3 cm³/mol. The van der Waals surface area contributed by atoms with Gasteiger partial charge in [-0.3, -0.25) is 4.79 Å². The standard InChI is InChI=1S/C12H15N3OS2.ClH/c1-7-4-5-9(18-7)8-6-17-11(14-8)15-10(16)12(2,3)13;/h4-6H,13H2,1-3H3,(H,14,15,16);1H. The third-order valence-corrected chi connectivity index (χ3v) is 4.08. The van der Waals surface area contributed by atoms with E-state index in [1.165, 1.54) is 16.2 Å². The van der Waals surface area contributed by atoms with Crippen LogP contribution in [-0.2, 0) is 4.79 Å². The number of hydrogen-bond donors (Lipinski definition) is 2. The van der Waals surface area contributed by atoms with E-state index in [0.717, 1.165) is 10.6 Å². The van der Waals surface area contributed by atoms with Crippen molar-refractivity contribution >= 4 is 46.1 Å². The van der Waals surface area contributed by atoms with Gasteiger partial charge in [0.05, 0.1) is 16.1 Å². The average molecular weight is 318 g/mol. The van der Waals surface area contributed by atoms with Crippen molar-refractivity contribution in [2.45, 2.75) is 26.3 Å². The summed E-state index contributed by atoms with van der Waals surface area (Å²) >= 11 is 3.09. The molecule has 0 fully saturated rings. The lowest BCUT2D eigenvalue weighted by Gasteiger charge is -2.16. The second-order valence-corrected chi connectivity index (χ2v) is 6.77. The van der Waals surface area contributed by atoms with Crippen LogP contribution in [0.3, 0.4) is 0 Å². The first-order chi connectivity index (χ1) is 8.36. The molecule has 2 aromatic heterocycles. The summed E-state index contributed by atoms with van der Waals surface area (Å²) in [5.74, 6) is -0.231. The molecule has 0 bridgehead atoms. The Balaban J connectivity index is 0.00000180. The van der Waals surface area contributed by atoms with Gasteiger partial charge in [-0.1, -0.05) is 0 Å². The number of hydrogen-bond acceptors (Lipinski definition) is 5. The first-order valence-corrected chi connectivity index (χ1v) is 7.18. The third-order valence-electron chi connectivity index (χ3n) is 2.30. The first-order valence-electron chi connectivity index (χ1n) is 5.49. The maximum Gasteiger partial charge on any atom is 0.245 e. The van der Waals surface area contributed by atoms with Crippen molar-refractivity contribution in [3.8, 4) is 10.6 Å². The maximum absolute atomic E-state index is 11.7. The molecule has 0 saturated carbocycles. The van der Waals surface area contributed by atoms with Gasteiger partial charge >= 0.3 is 0 Å². The van der Waals surface area contributed by atoms with Crippen LogP contribution in [0.15, 0.2) is 17.5 Å². The fraction of sp³-hybridized carbons (Fsp3) is 0.333. The number of thiophene rings is 1. The van der Waals surface area contributed by atoms with Crippen molar-refractivity contribution in [1.29, 1.82) is 0 Å². The Kier molecular flexibility index (Phi) is 5.09. The molecule has 0 unspecified atom stereocenters. The van der Waals surface area contributed by atoms with Gasteiger partial charge in [0.15, 0.2) is 5.13 Å². The molecule has 3 N–H and O–H groups in total. The molecule has 2 rings (SSSR count). The third kappa shape index (κ3) is 4.01. The van der Waals surface area contributed by atoms with Crippen LogP contribution in [0.25, 0.3) is 10.6 Å². The molecule has 0 radical (unpaired) electrons. The zero-order chi connectivity index (χ0) is 13.3. The molecule has 0 aliphatic rings. The van der Waals surface area contributed by atoms with Gasteiger partial charge in [0.2, 0.25) is 5.91 Å². The van der Waals surface area contributed by atoms with Gasteiger partial charge < -0.3 is 11.1 Å². The summed E-state index contributed by atoms with van der Waals surface area (Å²) in [6.45, 7) is 5.39. The number of nitrogens with zero attached hydrogens (tertiary/aromatic N) is 1. The predicted octanol–water partition coefficient (Wildman–Crippen LogP) is 3.28. The molecule has 19 heavy (non-hydrogen) atoms. The van der Waals surface area contributed by atoms with Gasteiger partial charge in [0.25, 0.3) is 0 Å². The molecule has 7 heteroatoms. The molecular weight excluding hydrogens is 302 g/mol.